The van der Waals surface area contributed by atoms with Crippen LogP contribution < -0.4 is 10.5 Å². The first-order valence-corrected chi connectivity index (χ1v) is 4.31. The van der Waals surface area contributed by atoms with Gasteiger partial charge in [0.2, 0.25) is 0 Å². The van der Waals surface area contributed by atoms with Gasteiger partial charge < -0.3 is 15.6 Å². The molecule has 0 amide bonds. The third-order valence-corrected chi connectivity index (χ3v) is 1.58. The van der Waals surface area contributed by atoms with Crippen molar-refractivity contribution in [2.24, 2.45) is 5.92 Å². The van der Waals surface area contributed by atoms with Crippen LogP contribution in [0.15, 0.2) is 18.2 Å². The molecule has 0 heterocycles. The Morgan fingerprint density at radius 1 is 1.46 bits per heavy atom. The summed E-state index contributed by atoms with van der Waals surface area (Å²) in [5, 5.41) is 9.14. The monoisotopic (exact) mass is 181 g/mol. The van der Waals surface area contributed by atoms with Gasteiger partial charge >= 0.3 is 0 Å². The highest BCUT2D eigenvalue weighted by molar-refractivity contribution is 5.55. The van der Waals surface area contributed by atoms with E-state index in [1.54, 1.807) is 12.1 Å². The van der Waals surface area contributed by atoms with E-state index in [4.69, 9.17) is 15.6 Å². The molecule has 0 aliphatic carbocycles. The van der Waals surface area contributed by atoms with E-state index in [1.165, 1.54) is 6.07 Å². The Bertz CT molecular complexity index is 284. The van der Waals surface area contributed by atoms with Gasteiger partial charge in [-0.05, 0) is 18.1 Å². The van der Waals surface area contributed by atoms with Crippen molar-refractivity contribution in [2.45, 2.75) is 13.8 Å². The van der Waals surface area contributed by atoms with E-state index in [1.807, 2.05) is 0 Å². The van der Waals surface area contributed by atoms with Gasteiger partial charge in [-0.2, -0.15) is 0 Å². The third kappa shape index (κ3) is 2.86. The molecule has 0 radical (unpaired) electrons. The first-order valence-electron chi connectivity index (χ1n) is 4.31. The van der Waals surface area contributed by atoms with Gasteiger partial charge in [0.1, 0.15) is 11.5 Å². The summed E-state index contributed by atoms with van der Waals surface area (Å²) in [5.41, 5.74) is 5.85. The van der Waals surface area contributed by atoms with E-state index in [9.17, 15) is 0 Å². The topological polar surface area (TPSA) is 55.5 Å². The smallest absolute Gasteiger partial charge is 0.138 e. The van der Waals surface area contributed by atoms with E-state index in [2.05, 4.69) is 13.8 Å². The first-order chi connectivity index (χ1) is 6.09. The first kappa shape index (κ1) is 9.71. The van der Waals surface area contributed by atoms with Crippen molar-refractivity contribution in [3.63, 3.8) is 0 Å². The fourth-order valence-electron chi connectivity index (χ4n) is 0.885. The molecule has 0 bridgehead atoms. The van der Waals surface area contributed by atoms with Crippen LogP contribution in [0, 0.1) is 5.92 Å². The van der Waals surface area contributed by atoms with Crippen LogP contribution >= 0.6 is 0 Å². The van der Waals surface area contributed by atoms with Crippen molar-refractivity contribution in [3.05, 3.63) is 18.2 Å². The summed E-state index contributed by atoms with van der Waals surface area (Å²) in [7, 11) is 0. The van der Waals surface area contributed by atoms with Gasteiger partial charge in [-0.3, -0.25) is 0 Å². The Morgan fingerprint density at radius 2 is 2.15 bits per heavy atom. The summed E-state index contributed by atoms with van der Waals surface area (Å²) in [4.78, 5) is 0. The third-order valence-electron chi connectivity index (χ3n) is 1.58. The van der Waals surface area contributed by atoms with Crippen molar-refractivity contribution in [3.8, 4) is 11.5 Å². The Balaban J connectivity index is 2.63. The number of anilines is 1. The average Bonchev–Trinajstić information content (AvgIpc) is 2.07. The maximum Gasteiger partial charge on any atom is 0.138 e. The lowest BCUT2D eigenvalue weighted by Crippen LogP contribution is -2.04. The second kappa shape index (κ2) is 4.03. The van der Waals surface area contributed by atoms with Crippen molar-refractivity contribution >= 4 is 5.69 Å². The SMILES string of the molecule is CC(C)COc1ccc(O)c(N)c1. The molecular formula is C10H15NO2. The van der Waals surface area contributed by atoms with E-state index < -0.39 is 0 Å². The molecule has 13 heavy (non-hydrogen) atoms. The van der Waals surface area contributed by atoms with Gasteiger partial charge in [-0.1, -0.05) is 13.8 Å². The standard InChI is InChI=1S/C10H15NO2/c1-7(2)6-13-8-3-4-10(12)9(11)5-8/h3-5,7,12H,6,11H2,1-2H3. The van der Waals surface area contributed by atoms with E-state index >= 15 is 0 Å². The van der Waals surface area contributed by atoms with Crippen LogP contribution in [0.2, 0.25) is 0 Å². The zero-order valence-electron chi connectivity index (χ0n) is 7.95. The van der Waals surface area contributed by atoms with Gasteiger partial charge in [-0.15, -0.1) is 0 Å². The fraction of sp³-hybridized carbons (Fsp3) is 0.400. The molecule has 0 saturated carbocycles. The zero-order chi connectivity index (χ0) is 9.84. The number of nitrogens with two attached hydrogens (primary N) is 1. The van der Waals surface area contributed by atoms with Crippen LogP contribution in [-0.2, 0) is 0 Å². The zero-order valence-corrected chi connectivity index (χ0v) is 7.95. The number of benzene rings is 1. The van der Waals surface area contributed by atoms with Crippen molar-refractivity contribution in [1.29, 1.82) is 0 Å². The molecule has 0 aliphatic rings. The molecule has 3 N–H and O–H groups in total. The number of phenolic OH excluding ortho intramolecular Hbond substituents is 1. The summed E-state index contributed by atoms with van der Waals surface area (Å²) in [6.45, 7) is 4.80. The molecule has 0 aliphatic heterocycles. The lowest BCUT2D eigenvalue weighted by atomic mass is 10.2. The quantitative estimate of drug-likeness (QED) is 0.554. The van der Waals surface area contributed by atoms with Crippen LogP contribution in [0.1, 0.15) is 13.8 Å². The molecule has 0 aromatic heterocycles. The molecule has 0 spiro atoms. The van der Waals surface area contributed by atoms with Crippen molar-refractivity contribution in [2.75, 3.05) is 12.3 Å². The number of phenols is 1. The van der Waals surface area contributed by atoms with Gasteiger partial charge in [-0.25, -0.2) is 0 Å². The average molecular weight is 181 g/mol. The molecule has 72 valence electrons. The van der Waals surface area contributed by atoms with E-state index in [-0.39, 0.29) is 5.75 Å². The Morgan fingerprint density at radius 3 is 2.69 bits per heavy atom. The number of rotatable bonds is 3. The van der Waals surface area contributed by atoms with E-state index in [0.29, 0.717) is 24.0 Å². The molecule has 0 saturated heterocycles. The van der Waals surface area contributed by atoms with Crippen molar-refractivity contribution in [1.82, 2.24) is 0 Å². The van der Waals surface area contributed by atoms with Crippen LogP contribution in [0.3, 0.4) is 0 Å². The summed E-state index contributed by atoms with van der Waals surface area (Å²) in [5.74, 6) is 1.27. The molecule has 0 atom stereocenters. The highest BCUT2D eigenvalue weighted by atomic mass is 16.5. The Kier molecular flexibility index (Phi) is 3.01. The van der Waals surface area contributed by atoms with Crippen molar-refractivity contribution < 1.29 is 9.84 Å². The lowest BCUT2D eigenvalue weighted by molar-refractivity contribution is 0.271. The molecule has 3 heteroatoms. The number of hydrogen-bond donors (Lipinski definition) is 2. The lowest BCUT2D eigenvalue weighted by Gasteiger charge is -2.09. The molecule has 1 rings (SSSR count). The molecular weight excluding hydrogens is 166 g/mol. The largest absolute Gasteiger partial charge is 0.506 e. The van der Waals surface area contributed by atoms with Gasteiger partial charge in [0, 0.05) is 6.07 Å². The predicted octanol–water partition coefficient (Wildman–Crippen LogP) is 2.01. The summed E-state index contributed by atoms with van der Waals surface area (Å²) < 4.78 is 5.41. The minimum absolute atomic E-state index is 0.0943. The van der Waals surface area contributed by atoms with E-state index in [0.717, 1.165) is 0 Å². The normalized spacial score (nSPS) is 10.4. The fourth-order valence-corrected chi connectivity index (χ4v) is 0.885. The minimum atomic E-state index is 0.0943. The highest BCUT2D eigenvalue weighted by Crippen LogP contribution is 2.24. The van der Waals surface area contributed by atoms with Gasteiger partial charge in [0.05, 0.1) is 12.3 Å². The molecule has 0 fully saturated rings. The Hall–Kier alpha value is -1.38. The van der Waals surface area contributed by atoms with Crippen LogP contribution in [-0.4, -0.2) is 11.7 Å². The van der Waals surface area contributed by atoms with Gasteiger partial charge in [0.15, 0.2) is 0 Å². The summed E-state index contributed by atoms with van der Waals surface area (Å²) >= 11 is 0. The molecule has 0 unspecified atom stereocenters. The highest BCUT2D eigenvalue weighted by Gasteiger charge is 2.00. The second-order valence-electron chi connectivity index (χ2n) is 3.43. The Labute approximate surface area is 78.1 Å². The van der Waals surface area contributed by atoms with Gasteiger partial charge in [0.25, 0.3) is 0 Å². The molecule has 3 nitrogen and oxygen atoms in total. The molecule has 1 aromatic carbocycles. The summed E-state index contributed by atoms with van der Waals surface area (Å²) in [6.07, 6.45) is 0. The number of hydrogen-bond acceptors (Lipinski definition) is 3. The summed E-state index contributed by atoms with van der Waals surface area (Å²) in [6, 6.07) is 4.86. The maximum atomic E-state index is 9.14. The number of ether oxygens (including phenoxy) is 1. The van der Waals surface area contributed by atoms with Crippen LogP contribution in [0.25, 0.3) is 0 Å². The predicted molar refractivity (Wildman–Crippen MR) is 52.9 cm³/mol. The number of nitrogen functional groups attached to an aromatic ring is 1. The number of aromatic hydroxyl groups is 1. The minimum Gasteiger partial charge on any atom is -0.506 e. The van der Waals surface area contributed by atoms with Crippen LogP contribution in [0.5, 0.6) is 11.5 Å². The molecule has 1 aromatic rings. The second-order valence-corrected chi connectivity index (χ2v) is 3.43. The van der Waals surface area contributed by atoms with Crippen LogP contribution in [0.4, 0.5) is 5.69 Å². The maximum absolute atomic E-state index is 9.14.